The molecule has 0 spiro atoms. The molecule has 1 aliphatic carbocycles. The number of likely N-dealkylation sites (N-methyl/N-ethyl adjacent to an activating group) is 1. The summed E-state index contributed by atoms with van der Waals surface area (Å²) >= 11 is 0. The standard InChI is InChI=1S/C19H28FN3O2/c1-14(21(2)13-18(24)15-3-4-15)19(25)23-11-9-22(10-12-23)17-7-5-16(20)6-8-17/h5-8,14-15,18,24H,3-4,9-13H2,1-2H3. The molecule has 1 aromatic carbocycles. The second-order valence-corrected chi connectivity index (χ2v) is 7.31. The lowest BCUT2D eigenvalue weighted by Crippen LogP contribution is -2.54. The van der Waals surface area contributed by atoms with Crippen LogP contribution in [-0.2, 0) is 4.79 Å². The van der Waals surface area contributed by atoms with Crippen molar-refractivity contribution in [1.29, 1.82) is 0 Å². The van der Waals surface area contributed by atoms with Crippen LogP contribution in [0.3, 0.4) is 0 Å². The third-order valence-electron chi connectivity index (χ3n) is 5.44. The van der Waals surface area contributed by atoms with E-state index in [-0.39, 0.29) is 23.9 Å². The summed E-state index contributed by atoms with van der Waals surface area (Å²) in [6.45, 7) is 5.29. The summed E-state index contributed by atoms with van der Waals surface area (Å²) in [6.07, 6.45) is 1.88. The first kappa shape index (κ1) is 18.1. The van der Waals surface area contributed by atoms with Gasteiger partial charge in [-0.2, -0.15) is 0 Å². The predicted molar refractivity (Wildman–Crippen MR) is 96.0 cm³/mol. The molecule has 2 fully saturated rings. The van der Waals surface area contributed by atoms with E-state index >= 15 is 0 Å². The average Bonchev–Trinajstić information content (AvgIpc) is 3.46. The van der Waals surface area contributed by atoms with Crippen molar-refractivity contribution in [3.63, 3.8) is 0 Å². The van der Waals surface area contributed by atoms with Gasteiger partial charge < -0.3 is 14.9 Å². The molecule has 2 unspecified atom stereocenters. The van der Waals surface area contributed by atoms with Crippen molar-refractivity contribution < 1.29 is 14.3 Å². The first-order valence-corrected chi connectivity index (χ1v) is 9.13. The number of carbonyl (C=O) groups excluding carboxylic acids is 1. The molecule has 1 N–H and O–H groups in total. The van der Waals surface area contributed by atoms with Crippen LogP contribution in [0, 0.1) is 11.7 Å². The minimum Gasteiger partial charge on any atom is -0.392 e. The Bertz CT molecular complexity index is 583. The first-order chi connectivity index (χ1) is 12.0. The normalized spacial score (nSPS) is 20.7. The van der Waals surface area contributed by atoms with E-state index in [2.05, 4.69) is 4.90 Å². The third-order valence-corrected chi connectivity index (χ3v) is 5.44. The largest absolute Gasteiger partial charge is 0.392 e. The Morgan fingerprint density at radius 3 is 2.40 bits per heavy atom. The molecule has 0 aromatic heterocycles. The van der Waals surface area contributed by atoms with Crippen LogP contribution in [0.5, 0.6) is 0 Å². The highest BCUT2D eigenvalue weighted by molar-refractivity contribution is 5.81. The molecule has 6 heteroatoms. The van der Waals surface area contributed by atoms with Crippen LogP contribution in [0.4, 0.5) is 10.1 Å². The van der Waals surface area contributed by atoms with Gasteiger partial charge in [-0.25, -0.2) is 4.39 Å². The van der Waals surface area contributed by atoms with Crippen LogP contribution < -0.4 is 4.90 Å². The number of amides is 1. The fourth-order valence-electron chi connectivity index (χ4n) is 3.37. The van der Waals surface area contributed by atoms with Gasteiger partial charge in [-0.3, -0.25) is 9.69 Å². The van der Waals surface area contributed by atoms with Gasteiger partial charge in [0.25, 0.3) is 0 Å². The number of benzene rings is 1. The summed E-state index contributed by atoms with van der Waals surface area (Å²) < 4.78 is 13.0. The third kappa shape index (κ3) is 4.50. The molecule has 138 valence electrons. The Labute approximate surface area is 149 Å². The highest BCUT2D eigenvalue weighted by Gasteiger charge is 2.33. The van der Waals surface area contributed by atoms with Crippen molar-refractivity contribution in [1.82, 2.24) is 9.80 Å². The van der Waals surface area contributed by atoms with Crippen molar-refractivity contribution >= 4 is 11.6 Å². The van der Waals surface area contributed by atoms with E-state index in [1.54, 1.807) is 12.1 Å². The van der Waals surface area contributed by atoms with Crippen LogP contribution in [-0.4, -0.2) is 72.7 Å². The Morgan fingerprint density at radius 2 is 1.84 bits per heavy atom. The van der Waals surface area contributed by atoms with Gasteiger partial charge in [0.05, 0.1) is 12.1 Å². The van der Waals surface area contributed by atoms with E-state index in [0.717, 1.165) is 31.6 Å². The zero-order chi connectivity index (χ0) is 18.0. The molecule has 1 aromatic rings. The van der Waals surface area contributed by atoms with Gasteiger partial charge in [0.1, 0.15) is 5.82 Å². The van der Waals surface area contributed by atoms with Crippen molar-refractivity contribution in [2.45, 2.75) is 31.9 Å². The highest BCUT2D eigenvalue weighted by Crippen LogP contribution is 2.32. The van der Waals surface area contributed by atoms with Gasteiger partial charge in [0.15, 0.2) is 0 Å². The van der Waals surface area contributed by atoms with Crippen molar-refractivity contribution in [3.8, 4) is 0 Å². The molecule has 1 saturated heterocycles. The molecule has 2 atom stereocenters. The van der Waals surface area contributed by atoms with Gasteiger partial charge in [-0.1, -0.05) is 0 Å². The van der Waals surface area contributed by atoms with Crippen LogP contribution in [0.15, 0.2) is 24.3 Å². The molecule has 1 heterocycles. The molecule has 25 heavy (non-hydrogen) atoms. The van der Waals surface area contributed by atoms with Crippen LogP contribution in [0.25, 0.3) is 0 Å². The summed E-state index contributed by atoms with van der Waals surface area (Å²) in [5.74, 6) is 0.302. The Kier molecular flexibility index (Phi) is 5.59. The number of anilines is 1. The van der Waals surface area contributed by atoms with E-state index in [0.29, 0.717) is 25.6 Å². The number of carbonyl (C=O) groups is 1. The number of hydrogen-bond acceptors (Lipinski definition) is 4. The molecular formula is C19H28FN3O2. The molecule has 3 rings (SSSR count). The van der Waals surface area contributed by atoms with Gasteiger partial charge >= 0.3 is 0 Å². The summed E-state index contributed by atoms with van der Waals surface area (Å²) in [4.78, 5) is 18.8. The number of halogens is 1. The molecule has 0 radical (unpaired) electrons. The van der Waals surface area contributed by atoms with Crippen LogP contribution in [0.1, 0.15) is 19.8 Å². The minimum atomic E-state index is -0.324. The lowest BCUT2D eigenvalue weighted by Gasteiger charge is -2.38. The fraction of sp³-hybridized carbons (Fsp3) is 0.632. The van der Waals surface area contributed by atoms with Crippen molar-refractivity contribution in [3.05, 3.63) is 30.1 Å². The van der Waals surface area contributed by atoms with Crippen molar-refractivity contribution in [2.75, 3.05) is 44.7 Å². The van der Waals surface area contributed by atoms with E-state index < -0.39 is 0 Å². The molecule has 1 saturated carbocycles. The number of hydrogen-bond donors (Lipinski definition) is 1. The van der Waals surface area contributed by atoms with E-state index in [1.807, 2.05) is 23.8 Å². The number of piperazine rings is 1. The second-order valence-electron chi connectivity index (χ2n) is 7.31. The molecular weight excluding hydrogens is 321 g/mol. The number of rotatable bonds is 6. The second kappa shape index (κ2) is 7.70. The topological polar surface area (TPSA) is 47.0 Å². The van der Waals surface area contributed by atoms with Crippen molar-refractivity contribution in [2.24, 2.45) is 5.92 Å². The summed E-state index contributed by atoms with van der Waals surface area (Å²) in [5.41, 5.74) is 0.992. The minimum absolute atomic E-state index is 0.115. The van der Waals surface area contributed by atoms with Gasteiger partial charge in [-0.15, -0.1) is 0 Å². The molecule has 2 aliphatic rings. The number of nitrogens with zero attached hydrogens (tertiary/aromatic N) is 3. The maximum Gasteiger partial charge on any atom is 0.239 e. The monoisotopic (exact) mass is 349 g/mol. The molecule has 5 nitrogen and oxygen atoms in total. The van der Waals surface area contributed by atoms with E-state index in [4.69, 9.17) is 0 Å². The molecule has 0 bridgehead atoms. The fourth-order valence-corrected chi connectivity index (χ4v) is 3.37. The quantitative estimate of drug-likeness (QED) is 0.847. The van der Waals surface area contributed by atoms with E-state index in [9.17, 15) is 14.3 Å². The van der Waals surface area contributed by atoms with Gasteiger partial charge in [0.2, 0.25) is 5.91 Å². The zero-order valence-corrected chi connectivity index (χ0v) is 15.1. The molecule has 1 aliphatic heterocycles. The Hall–Kier alpha value is -1.66. The van der Waals surface area contributed by atoms with E-state index in [1.165, 1.54) is 12.1 Å². The van der Waals surface area contributed by atoms with Crippen LogP contribution >= 0.6 is 0 Å². The van der Waals surface area contributed by atoms with Gasteiger partial charge in [0, 0.05) is 38.4 Å². The lowest BCUT2D eigenvalue weighted by molar-refractivity contribution is -0.136. The predicted octanol–water partition coefficient (Wildman–Crippen LogP) is 1.57. The highest BCUT2D eigenvalue weighted by atomic mass is 19.1. The number of aliphatic hydroxyl groups excluding tert-OH is 1. The summed E-state index contributed by atoms with van der Waals surface area (Å²) in [6, 6.07) is 6.26. The Morgan fingerprint density at radius 1 is 1.24 bits per heavy atom. The smallest absolute Gasteiger partial charge is 0.239 e. The average molecular weight is 349 g/mol. The Balaban J connectivity index is 1.49. The summed E-state index contributed by atoms with van der Waals surface area (Å²) in [7, 11) is 1.91. The summed E-state index contributed by atoms with van der Waals surface area (Å²) in [5, 5.41) is 10.1. The SMILES string of the molecule is CC(C(=O)N1CCN(c2ccc(F)cc2)CC1)N(C)CC(O)C1CC1. The number of aliphatic hydroxyl groups is 1. The lowest BCUT2D eigenvalue weighted by atomic mass is 10.1. The maximum absolute atomic E-state index is 13.0. The van der Waals surface area contributed by atoms with Crippen LogP contribution in [0.2, 0.25) is 0 Å². The molecule has 1 amide bonds. The maximum atomic E-state index is 13.0. The zero-order valence-electron chi connectivity index (χ0n) is 15.1. The first-order valence-electron chi connectivity index (χ1n) is 9.13. The van der Waals surface area contributed by atoms with Gasteiger partial charge in [-0.05, 0) is 57.0 Å².